The van der Waals surface area contributed by atoms with Crippen LogP contribution in [0.5, 0.6) is 0 Å². The van der Waals surface area contributed by atoms with Crippen molar-refractivity contribution in [3.63, 3.8) is 0 Å². The first-order chi connectivity index (χ1) is 11.7. The van der Waals surface area contributed by atoms with E-state index in [0.29, 0.717) is 0 Å². The van der Waals surface area contributed by atoms with Crippen LogP contribution in [0.4, 0.5) is 5.69 Å². The van der Waals surface area contributed by atoms with Crippen LogP contribution in [0.25, 0.3) is 0 Å². The Balaban J connectivity index is 1.52. The van der Waals surface area contributed by atoms with Gasteiger partial charge in [-0.1, -0.05) is 42.5 Å². The van der Waals surface area contributed by atoms with Crippen molar-refractivity contribution in [3.05, 3.63) is 65.7 Å². The summed E-state index contributed by atoms with van der Waals surface area (Å²) in [5.41, 5.74) is 8.92. The van der Waals surface area contributed by atoms with Crippen LogP contribution < -0.4 is 11.1 Å². The number of benzene rings is 2. The molecule has 0 aliphatic carbocycles. The number of rotatable bonds is 6. The Hall–Kier alpha value is -2.17. The van der Waals surface area contributed by atoms with Crippen LogP contribution in [0.15, 0.2) is 54.6 Å². The van der Waals surface area contributed by atoms with Crippen molar-refractivity contribution in [2.75, 3.05) is 25.0 Å². The second-order valence-electron chi connectivity index (χ2n) is 6.37. The lowest BCUT2D eigenvalue weighted by atomic mass is 10.1. The average Bonchev–Trinajstić information content (AvgIpc) is 3.15. The molecule has 4 nitrogen and oxygen atoms in total. The fourth-order valence-electron chi connectivity index (χ4n) is 3.08. The van der Waals surface area contributed by atoms with Gasteiger partial charge in [0.2, 0.25) is 5.91 Å². The van der Waals surface area contributed by atoms with Crippen LogP contribution in [0.1, 0.15) is 30.0 Å². The molecule has 1 heterocycles. The molecule has 1 amide bonds. The van der Waals surface area contributed by atoms with Gasteiger partial charge in [0.05, 0.1) is 0 Å². The Kier molecular flexibility index (Phi) is 5.62. The third-order valence-electron chi connectivity index (χ3n) is 4.58. The van der Waals surface area contributed by atoms with E-state index < -0.39 is 6.04 Å². The molecule has 1 atom stereocenters. The molecule has 2 aromatic carbocycles. The number of nitrogens with two attached hydrogens (primary N) is 1. The zero-order valence-electron chi connectivity index (χ0n) is 13.9. The van der Waals surface area contributed by atoms with Gasteiger partial charge in [-0.25, -0.2) is 0 Å². The van der Waals surface area contributed by atoms with Gasteiger partial charge in [0.25, 0.3) is 0 Å². The molecular weight excluding hydrogens is 298 g/mol. The molecule has 2 aromatic rings. The summed E-state index contributed by atoms with van der Waals surface area (Å²) in [6.45, 7) is 3.57. The number of nitrogens with one attached hydrogen (secondary N) is 1. The number of nitrogens with zero attached hydrogens (tertiary/aromatic N) is 1. The fourth-order valence-corrected chi connectivity index (χ4v) is 3.08. The molecule has 126 valence electrons. The van der Waals surface area contributed by atoms with Gasteiger partial charge in [-0.05, 0) is 55.6 Å². The summed E-state index contributed by atoms with van der Waals surface area (Å²) >= 11 is 0. The zero-order valence-corrected chi connectivity index (χ0v) is 13.9. The molecule has 0 radical (unpaired) electrons. The van der Waals surface area contributed by atoms with Crippen LogP contribution >= 0.6 is 0 Å². The quantitative estimate of drug-likeness (QED) is 0.859. The minimum absolute atomic E-state index is 0.189. The summed E-state index contributed by atoms with van der Waals surface area (Å²) in [7, 11) is 0. The molecule has 4 heteroatoms. The molecule has 1 saturated heterocycles. The third kappa shape index (κ3) is 4.43. The van der Waals surface area contributed by atoms with Gasteiger partial charge < -0.3 is 16.0 Å². The molecule has 0 aromatic heterocycles. The maximum atomic E-state index is 12.3. The molecule has 1 aliphatic heterocycles. The normalized spacial score (nSPS) is 16.0. The second-order valence-corrected chi connectivity index (χ2v) is 6.37. The van der Waals surface area contributed by atoms with Crippen LogP contribution in [0.3, 0.4) is 0 Å². The summed E-state index contributed by atoms with van der Waals surface area (Å²) in [4.78, 5) is 14.8. The summed E-state index contributed by atoms with van der Waals surface area (Å²) in [5, 5.41) is 2.89. The molecule has 1 fully saturated rings. The number of carbonyl (C=O) groups is 1. The Morgan fingerprint density at radius 3 is 2.38 bits per heavy atom. The maximum absolute atomic E-state index is 12.3. The van der Waals surface area contributed by atoms with Crippen molar-refractivity contribution in [1.82, 2.24) is 4.90 Å². The van der Waals surface area contributed by atoms with Crippen molar-refractivity contribution in [2.45, 2.75) is 25.3 Å². The van der Waals surface area contributed by atoms with Crippen LogP contribution in [0.2, 0.25) is 0 Å². The van der Waals surface area contributed by atoms with E-state index in [9.17, 15) is 4.79 Å². The lowest BCUT2D eigenvalue weighted by Gasteiger charge is -2.15. The van der Waals surface area contributed by atoms with Gasteiger partial charge in [-0.2, -0.15) is 0 Å². The summed E-state index contributed by atoms with van der Waals surface area (Å²) in [5.74, 6) is -0.189. The average molecular weight is 323 g/mol. The van der Waals surface area contributed by atoms with Gasteiger partial charge in [0.1, 0.15) is 6.04 Å². The minimum atomic E-state index is -0.652. The highest BCUT2D eigenvalue weighted by Gasteiger charge is 2.15. The summed E-state index contributed by atoms with van der Waals surface area (Å²) < 4.78 is 0. The molecular formula is C20H25N3O. The van der Waals surface area contributed by atoms with E-state index in [-0.39, 0.29) is 5.91 Å². The topological polar surface area (TPSA) is 58.4 Å². The van der Waals surface area contributed by atoms with Crippen molar-refractivity contribution < 1.29 is 4.79 Å². The predicted molar refractivity (Wildman–Crippen MR) is 97.8 cm³/mol. The van der Waals surface area contributed by atoms with E-state index in [2.05, 4.69) is 22.3 Å². The highest BCUT2D eigenvalue weighted by molar-refractivity contribution is 5.95. The highest BCUT2D eigenvalue weighted by Crippen LogP contribution is 2.15. The van der Waals surface area contributed by atoms with E-state index in [1.54, 1.807) is 0 Å². The Bertz CT molecular complexity index is 648. The van der Waals surface area contributed by atoms with Gasteiger partial charge in [-0.15, -0.1) is 0 Å². The number of hydrogen-bond acceptors (Lipinski definition) is 3. The molecule has 0 spiro atoms. The van der Waals surface area contributed by atoms with E-state index in [1.165, 1.54) is 31.5 Å². The monoisotopic (exact) mass is 323 g/mol. The Morgan fingerprint density at radius 2 is 1.71 bits per heavy atom. The predicted octanol–water partition coefficient (Wildman–Crippen LogP) is 2.96. The van der Waals surface area contributed by atoms with Crippen molar-refractivity contribution >= 4 is 11.6 Å². The van der Waals surface area contributed by atoms with Crippen LogP contribution in [-0.4, -0.2) is 30.4 Å². The molecule has 1 unspecified atom stereocenters. The first-order valence-electron chi connectivity index (χ1n) is 8.65. The van der Waals surface area contributed by atoms with Crippen LogP contribution in [0, 0.1) is 0 Å². The van der Waals surface area contributed by atoms with Crippen molar-refractivity contribution in [1.29, 1.82) is 0 Å². The second kappa shape index (κ2) is 8.08. The molecule has 24 heavy (non-hydrogen) atoms. The first-order valence-corrected chi connectivity index (χ1v) is 8.65. The van der Waals surface area contributed by atoms with E-state index in [1.807, 2.05) is 42.5 Å². The van der Waals surface area contributed by atoms with Gasteiger partial charge in [0.15, 0.2) is 0 Å². The zero-order chi connectivity index (χ0) is 16.8. The SMILES string of the molecule is NC(C(=O)Nc1ccc(CCN2CCCC2)cc1)c1ccccc1. The molecule has 3 N–H and O–H groups in total. The molecule has 0 bridgehead atoms. The summed E-state index contributed by atoms with van der Waals surface area (Å²) in [6, 6.07) is 16.8. The van der Waals surface area contributed by atoms with Crippen molar-refractivity contribution in [2.24, 2.45) is 5.73 Å². The largest absolute Gasteiger partial charge is 0.324 e. The number of hydrogen-bond donors (Lipinski definition) is 2. The smallest absolute Gasteiger partial charge is 0.245 e. The van der Waals surface area contributed by atoms with E-state index in [4.69, 9.17) is 5.73 Å². The standard InChI is InChI=1S/C20H25N3O/c21-19(17-6-2-1-3-7-17)20(24)22-18-10-8-16(9-11-18)12-15-23-13-4-5-14-23/h1-3,6-11,19H,4-5,12-15,21H2,(H,22,24). The number of likely N-dealkylation sites (tertiary alicyclic amines) is 1. The molecule has 3 rings (SSSR count). The number of anilines is 1. The van der Waals surface area contributed by atoms with E-state index in [0.717, 1.165) is 24.2 Å². The van der Waals surface area contributed by atoms with E-state index >= 15 is 0 Å². The van der Waals surface area contributed by atoms with Crippen molar-refractivity contribution in [3.8, 4) is 0 Å². The number of amides is 1. The lowest BCUT2D eigenvalue weighted by molar-refractivity contribution is -0.117. The third-order valence-corrected chi connectivity index (χ3v) is 4.58. The lowest BCUT2D eigenvalue weighted by Crippen LogP contribution is -2.27. The fraction of sp³-hybridized carbons (Fsp3) is 0.350. The van der Waals surface area contributed by atoms with Gasteiger partial charge in [-0.3, -0.25) is 4.79 Å². The summed E-state index contributed by atoms with van der Waals surface area (Å²) in [6.07, 6.45) is 3.71. The molecule has 1 aliphatic rings. The highest BCUT2D eigenvalue weighted by atomic mass is 16.2. The maximum Gasteiger partial charge on any atom is 0.245 e. The number of carbonyl (C=O) groups excluding carboxylic acids is 1. The van der Waals surface area contributed by atoms with Crippen LogP contribution in [-0.2, 0) is 11.2 Å². The Morgan fingerprint density at radius 1 is 1.04 bits per heavy atom. The molecule has 0 saturated carbocycles. The van der Waals surface area contributed by atoms with Gasteiger partial charge in [0, 0.05) is 12.2 Å². The Labute approximate surface area is 143 Å². The first kappa shape index (κ1) is 16.7. The minimum Gasteiger partial charge on any atom is -0.324 e. The van der Waals surface area contributed by atoms with Gasteiger partial charge >= 0.3 is 0 Å².